The summed E-state index contributed by atoms with van der Waals surface area (Å²) in [5.41, 5.74) is 7.23. The molecule has 1 aromatic carbocycles. The Morgan fingerprint density at radius 1 is 1.47 bits per heavy atom. The number of halogens is 1. The van der Waals surface area contributed by atoms with Gasteiger partial charge < -0.3 is 5.73 Å². The zero-order valence-electron chi connectivity index (χ0n) is 9.56. The number of aromatic nitrogens is 2. The second-order valence-electron chi connectivity index (χ2n) is 3.61. The minimum atomic E-state index is 0.704. The van der Waals surface area contributed by atoms with Crippen LogP contribution in [0.2, 0.25) is 0 Å². The van der Waals surface area contributed by atoms with Crippen LogP contribution in [0.15, 0.2) is 39.8 Å². The van der Waals surface area contributed by atoms with Crippen LogP contribution >= 0.6 is 27.7 Å². The van der Waals surface area contributed by atoms with Gasteiger partial charge in [0.2, 0.25) is 0 Å². The highest BCUT2D eigenvalue weighted by molar-refractivity contribution is 9.10. The Morgan fingerprint density at radius 3 is 3.00 bits per heavy atom. The maximum atomic E-state index is 6.04. The number of nitrogens with zero attached hydrogens (tertiary/aromatic N) is 2. The van der Waals surface area contributed by atoms with E-state index in [0.717, 1.165) is 20.9 Å². The van der Waals surface area contributed by atoms with Gasteiger partial charge in [-0.15, -0.1) is 11.8 Å². The fourth-order valence-corrected chi connectivity index (χ4v) is 2.71. The number of rotatable bonds is 4. The zero-order chi connectivity index (χ0) is 12.3. The zero-order valence-corrected chi connectivity index (χ0v) is 12.0. The highest BCUT2D eigenvalue weighted by Gasteiger charge is 2.07. The lowest BCUT2D eigenvalue weighted by Crippen LogP contribution is -2.06. The predicted molar refractivity (Wildman–Crippen MR) is 76.3 cm³/mol. The Hall–Kier alpha value is -0.940. The van der Waals surface area contributed by atoms with Gasteiger partial charge in [-0.2, -0.15) is 5.10 Å². The molecule has 90 valence electrons. The molecule has 0 saturated heterocycles. The lowest BCUT2D eigenvalue weighted by molar-refractivity contribution is 0.696. The third kappa shape index (κ3) is 3.04. The molecule has 17 heavy (non-hydrogen) atoms. The average molecular weight is 312 g/mol. The molecular weight excluding hydrogens is 298 g/mol. The summed E-state index contributed by atoms with van der Waals surface area (Å²) in [6, 6.07) is 8.17. The van der Waals surface area contributed by atoms with Gasteiger partial charge in [-0.1, -0.05) is 35.0 Å². The smallest absolute Gasteiger partial charge is 0.135 e. The number of hydrogen-bond donors (Lipinski definition) is 1. The fourth-order valence-electron chi connectivity index (χ4n) is 1.58. The first kappa shape index (κ1) is 12.5. The molecule has 2 N–H and O–H groups in total. The van der Waals surface area contributed by atoms with E-state index in [0.29, 0.717) is 6.54 Å². The van der Waals surface area contributed by atoms with E-state index >= 15 is 0 Å². The Bertz CT molecular complexity index is 510. The molecule has 0 saturated carbocycles. The quantitative estimate of drug-likeness (QED) is 0.880. The summed E-state index contributed by atoms with van der Waals surface area (Å²) < 4.78 is 2.91. The molecule has 5 heteroatoms. The molecule has 1 aromatic heterocycles. The van der Waals surface area contributed by atoms with Crippen molar-refractivity contribution < 1.29 is 0 Å². The van der Waals surface area contributed by atoms with Crippen molar-refractivity contribution in [2.75, 3.05) is 11.5 Å². The van der Waals surface area contributed by atoms with E-state index < -0.39 is 0 Å². The van der Waals surface area contributed by atoms with E-state index in [9.17, 15) is 0 Å². The van der Waals surface area contributed by atoms with E-state index in [1.807, 2.05) is 23.0 Å². The first-order valence-electron chi connectivity index (χ1n) is 5.39. The summed E-state index contributed by atoms with van der Waals surface area (Å²) in [5, 5.41) is 4.31. The highest BCUT2D eigenvalue weighted by atomic mass is 79.9. The average Bonchev–Trinajstić information content (AvgIpc) is 2.62. The van der Waals surface area contributed by atoms with E-state index in [1.165, 1.54) is 5.56 Å². The first-order chi connectivity index (χ1) is 8.20. The van der Waals surface area contributed by atoms with Crippen LogP contribution in [0.4, 0.5) is 5.82 Å². The van der Waals surface area contributed by atoms with Gasteiger partial charge in [-0.25, -0.2) is 4.68 Å². The van der Waals surface area contributed by atoms with Gasteiger partial charge in [0.1, 0.15) is 5.82 Å². The molecule has 0 unspecified atom stereocenters. The summed E-state index contributed by atoms with van der Waals surface area (Å²) in [5.74, 6) is 1.75. The van der Waals surface area contributed by atoms with Crippen LogP contribution in [0, 0.1) is 0 Å². The number of benzene rings is 1. The number of hydrogen-bond acceptors (Lipinski definition) is 3. The molecule has 2 rings (SSSR count). The molecule has 0 atom stereocenters. The van der Waals surface area contributed by atoms with Gasteiger partial charge in [-0.3, -0.25) is 0 Å². The number of anilines is 1. The van der Waals surface area contributed by atoms with Crippen LogP contribution in [-0.4, -0.2) is 15.5 Å². The van der Waals surface area contributed by atoms with Gasteiger partial charge in [0.25, 0.3) is 0 Å². The molecule has 0 bridgehead atoms. The van der Waals surface area contributed by atoms with Gasteiger partial charge in [0.05, 0.1) is 17.6 Å². The molecule has 1 heterocycles. The second kappa shape index (κ2) is 5.60. The molecule has 0 fully saturated rings. The van der Waals surface area contributed by atoms with Gasteiger partial charge in [0.15, 0.2) is 0 Å². The molecule has 0 aliphatic rings. The summed E-state index contributed by atoms with van der Waals surface area (Å²) in [6.45, 7) is 2.81. The van der Waals surface area contributed by atoms with Crippen LogP contribution < -0.4 is 5.73 Å². The van der Waals surface area contributed by atoms with Crippen LogP contribution in [0.25, 0.3) is 0 Å². The predicted octanol–water partition coefficient (Wildman–Crippen LogP) is 3.39. The van der Waals surface area contributed by atoms with E-state index in [4.69, 9.17) is 5.73 Å². The maximum Gasteiger partial charge on any atom is 0.135 e. The summed E-state index contributed by atoms with van der Waals surface area (Å²) in [7, 11) is 0. The van der Waals surface area contributed by atoms with E-state index in [-0.39, 0.29) is 0 Å². The minimum Gasteiger partial charge on any atom is -0.383 e. The van der Waals surface area contributed by atoms with Crippen LogP contribution in [0.3, 0.4) is 0 Å². The second-order valence-corrected chi connectivity index (χ2v) is 5.84. The number of nitrogen functional groups attached to an aromatic ring is 1. The van der Waals surface area contributed by atoms with Crippen LogP contribution in [0.1, 0.15) is 12.5 Å². The lowest BCUT2D eigenvalue weighted by atomic mass is 10.2. The third-order valence-corrected chi connectivity index (χ3v) is 3.77. The number of thioether (sulfide) groups is 1. The van der Waals surface area contributed by atoms with E-state index in [1.54, 1.807) is 11.8 Å². The number of nitrogens with two attached hydrogens (primary N) is 1. The SMILES string of the molecule is CCSc1cnn(Cc2cccc(Br)c2)c1N. The molecular formula is C12H14BrN3S. The van der Waals surface area contributed by atoms with Gasteiger partial charge in [0, 0.05) is 4.47 Å². The maximum absolute atomic E-state index is 6.04. The molecule has 0 amide bonds. The first-order valence-corrected chi connectivity index (χ1v) is 7.17. The van der Waals surface area contributed by atoms with Crippen molar-refractivity contribution in [3.8, 4) is 0 Å². The fraction of sp³-hybridized carbons (Fsp3) is 0.250. The molecule has 0 aliphatic heterocycles. The van der Waals surface area contributed by atoms with Crippen LogP contribution in [-0.2, 0) is 6.54 Å². The van der Waals surface area contributed by atoms with Crippen molar-refractivity contribution in [2.24, 2.45) is 0 Å². The van der Waals surface area contributed by atoms with Gasteiger partial charge in [-0.05, 0) is 23.4 Å². The van der Waals surface area contributed by atoms with Crippen LogP contribution in [0.5, 0.6) is 0 Å². The molecule has 0 radical (unpaired) electrons. The topological polar surface area (TPSA) is 43.8 Å². The van der Waals surface area contributed by atoms with Crippen molar-refractivity contribution in [3.05, 3.63) is 40.5 Å². The molecule has 3 nitrogen and oxygen atoms in total. The minimum absolute atomic E-state index is 0.704. The van der Waals surface area contributed by atoms with Gasteiger partial charge >= 0.3 is 0 Å². The van der Waals surface area contributed by atoms with Crippen molar-refractivity contribution in [3.63, 3.8) is 0 Å². The summed E-state index contributed by atoms with van der Waals surface area (Å²) in [6.07, 6.45) is 1.83. The Labute approximate surface area is 114 Å². The highest BCUT2D eigenvalue weighted by Crippen LogP contribution is 2.24. The normalized spacial score (nSPS) is 10.7. The molecule has 0 spiro atoms. The lowest BCUT2D eigenvalue weighted by Gasteiger charge is -2.05. The standard InChI is InChI=1S/C12H14BrN3S/c1-2-17-11-7-15-16(12(11)14)8-9-4-3-5-10(13)6-9/h3-7H,2,8,14H2,1H3. The summed E-state index contributed by atoms with van der Waals surface area (Å²) >= 11 is 5.18. The van der Waals surface area contributed by atoms with E-state index in [2.05, 4.69) is 40.1 Å². The molecule has 2 aromatic rings. The third-order valence-electron chi connectivity index (χ3n) is 2.37. The van der Waals surface area contributed by atoms with Crippen molar-refractivity contribution in [1.82, 2.24) is 9.78 Å². The van der Waals surface area contributed by atoms with Crippen molar-refractivity contribution >= 4 is 33.5 Å². The monoisotopic (exact) mass is 311 g/mol. The summed E-state index contributed by atoms with van der Waals surface area (Å²) in [4.78, 5) is 1.06. The Kier molecular flexibility index (Phi) is 4.12. The Morgan fingerprint density at radius 2 is 2.29 bits per heavy atom. The van der Waals surface area contributed by atoms with Crippen molar-refractivity contribution in [1.29, 1.82) is 0 Å². The Balaban J connectivity index is 2.19. The molecule has 0 aliphatic carbocycles. The van der Waals surface area contributed by atoms with Crippen molar-refractivity contribution in [2.45, 2.75) is 18.4 Å². The largest absolute Gasteiger partial charge is 0.383 e.